The zero-order chi connectivity index (χ0) is 14.0. The summed E-state index contributed by atoms with van der Waals surface area (Å²) >= 11 is 7.26. The molecule has 2 aromatic rings. The zero-order valence-electron chi connectivity index (χ0n) is 10.7. The summed E-state index contributed by atoms with van der Waals surface area (Å²) in [4.78, 5) is 13.1. The minimum absolute atomic E-state index is 0.151. The molecule has 0 amide bonds. The molecule has 0 atom stereocenters. The minimum atomic E-state index is -0.151. The third-order valence-electron chi connectivity index (χ3n) is 2.67. The third-order valence-corrected chi connectivity index (χ3v) is 4.22. The Balaban J connectivity index is 2.48. The van der Waals surface area contributed by atoms with Gasteiger partial charge in [-0.05, 0) is 37.6 Å². The van der Waals surface area contributed by atoms with Gasteiger partial charge in [0.1, 0.15) is 5.75 Å². The Labute approximate surface area is 121 Å². The molecule has 0 saturated heterocycles. The second-order valence-corrected chi connectivity index (χ2v) is 5.70. The number of ether oxygens (including phenoxy) is 1. The summed E-state index contributed by atoms with van der Waals surface area (Å²) in [5.41, 5.74) is 7.62. The molecule has 0 aliphatic carbocycles. The number of halogens is 1. The highest BCUT2D eigenvalue weighted by atomic mass is 35.5. The minimum Gasteiger partial charge on any atom is -0.493 e. The number of aryl methyl sites for hydroxylation is 1. The van der Waals surface area contributed by atoms with Crippen LogP contribution in [0.15, 0.2) is 24.3 Å². The van der Waals surface area contributed by atoms with Gasteiger partial charge in [0.05, 0.1) is 21.4 Å². The van der Waals surface area contributed by atoms with Crippen molar-refractivity contribution < 1.29 is 9.53 Å². The van der Waals surface area contributed by atoms with Gasteiger partial charge in [-0.2, -0.15) is 0 Å². The predicted molar refractivity (Wildman–Crippen MR) is 79.5 cm³/mol. The second-order valence-electron chi connectivity index (χ2n) is 4.05. The van der Waals surface area contributed by atoms with Crippen LogP contribution in [0.3, 0.4) is 0 Å². The average Bonchev–Trinajstić information content (AvgIpc) is 2.70. The van der Waals surface area contributed by atoms with E-state index < -0.39 is 0 Å². The number of anilines is 1. The Hall–Kier alpha value is -1.52. The first-order chi connectivity index (χ1) is 9.04. The number of carbonyl (C=O) groups excluding carboxylic acids is 1. The van der Waals surface area contributed by atoms with Crippen LogP contribution >= 0.6 is 22.9 Å². The first-order valence-corrected chi connectivity index (χ1v) is 7.06. The average molecular weight is 296 g/mol. The predicted octanol–water partition coefficient (Wildman–Crippen LogP) is 3.92. The molecule has 3 nitrogen and oxygen atoms in total. The standard InChI is InChI=1S/C14H14ClNO2S/c1-3-18-10-6-4-5-9(16)12(10)13(17)11-7-8(2)14(15)19-11/h4-7H,3,16H2,1-2H3. The fraction of sp³-hybridized carbons (Fsp3) is 0.214. The molecule has 0 spiro atoms. The van der Waals surface area contributed by atoms with Crippen molar-refractivity contribution in [2.45, 2.75) is 13.8 Å². The number of carbonyl (C=O) groups is 1. The van der Waals surface area contributed by atoms with Gasteiger partial charge >= 0.3 is 0 Å². The summed E-state index contributed by atoms with van der Waals surface area (Å²) in [7, 11) is 0. The molecule has 1 heterocycles. The van der Waals surface area contributed by atoms with Crippen LogP contribution in [0.2, 0.25) is 4.34 Å². The molecule has 0 fully saturated rings. The van der Waals surface area contributed by atoms with E-state index in [9.17, 15) is 4.79 Å². The van der Waals surface area contributed by atoms with Gasteiger partial charge in [-0.3, -0.25) is 4.79 Å². The van der Waals surface area contributed by atoms with Crippen molar-refractivity contribution in [1.82, 2.24) is 0 Å². The van der Waals surface area contributed by atoms with Crippen molar-refractivity contribution in [3.63, 3.8) is 0 Å². The molecule has 2 rings (SSSR count). The number of ketones is 1. The number of thiophene rings is 1. The lowest BCUT2D eigenvalue weighted by atomic mass is 10.1. The van der Waals surface area contributed by atoms with Gasteiger partial charge in [-0.1, -0.05) is 17.7 Å². The Morgan fingerprint density at radius 3 is 2.79 bits per heavy atom. The maximum absolute atomic E-state index is 12.5. The molecule has 0 saturated carbocycles. The van der Waals surface area contributed by atoms with Gasteiger partial charge in [-0.15, -0.1) is 11.3 Å². The van der Waals surface area contributed by atoms with E-state index in [-0.39, 0.29) is 5.78 Å². The largest absolute Gasteiger partial charge is 0.493 e. The summed E-state index contributed by atoms with van der Waals surface area (Å²) < 4.78 is 6.09. The molecule has 1 aromatic carbocycles. The van der Waals surface area contributed by atoms with E-state index in [1.807, 2.05) is 13.8 Å². The number of hydrogen-bond acceptors (Lipinski definition) is 4. The molecule has 0 aliphatic rings. The first-order valence-electron chi connectivity index (χ1n) is 5.86. The summed E-state index contributed by atoms with van der Waals surface area (Å²) in [6, 6.07) is 6.98. The van der Waals surface area contributed by atoms with E-state index >= 15 is 0 Å². The Morgan fingerprint density at radius 2 is 2.21 bits per heavy atom. The van der Waals surface area contributed by atoms with Crippen LogP contribution in [-0.4, -0.2) is 12.4 Å². The van der Waals surface area contributed by atoms with Gasteiger partial charge in [-0.25, -0.2) is 0 Å². The lowest BCUT2D eigenvalue weighted by molar-refractivity contribution is 0.103. The highest BCUT2D eigenvalue weighted by molar-refractivity contribution is 7.18. The Morgan fingerprint density at radius 1 is 1.47 bits per heavy atom. The number of benzene rings is 1. The van der Waals surface area contributed by atoms with Gasteiger partial charge in [0.2, 0.25) is 5.78 Å². The summed E-state index contributed by atoms with van der Waals surface area (Å²) in [6.07, 6.45) is 0. The lowest BCUT2D eigenvalue weighted by Gasteiger charge is -2.10. The smallest absolute Gasteiger partial charge is 0.208 e. The van der Waals surface area contributed by atoms with Crippen molar-refractivity contribution in [2.75, 3.05) is 12.3 Å². The van der Waals surface area contributed by atoms with E-state index in [1.54, 1.807) is 24.3 Å². The van der Waals surface area contributed by atoms with Gasteiger partial charge in [0, 0.05) is 5.69 Å². The van der Waals surface area contributed by atoms with Gasteiger partial charge in [0.15, 0.2) is 0 Å². The number of rotatable bonds is 4. The number of hydrogen-bond donors (Lipinski definition) is 1. The van der Waals surface area contributed by atoms with Crippen LogP contribution < -0.4 is 10.5 Å². The SMILES string of the molecule is CCOc1cccc(N)c1C(=O)c1cc(C)c(Cl)s1. The quantitative estimate of drug-likeness (QED) is 0.687. The summed E-state index contributed by atoms with van der Waals surface area (Å²) in [5, 5.41) is 0. The summed E-state index contributed by atoms with van der Waals surface area (Å²) in [5.74, 6) is 0.358. The molecule has 100 valence electrons. The Kier molecular flexibility index (Phi) is 4.12. The molecule has 5 heteroatoms. The normalized spacial score (nSPS) is 10.5. The van der Waals surface area contributed by atoms with Crippen molar-refractivity contribution in [3.8, 4) is 5.75 Å². The monoisotopic (exact) mass is 295 g/mol. The van der Waals surface area contributed by atoms with E-state index in [0.717, 1.165) is 5.56 Å². The van der Waals surface area contributed by atoms with Crippen LogP contribution in [0.4, 0.5) is 5.69 Å². The van der Waals surface area contributed by atoms with Crippen LogP contribution in [0, 0.1) is 6.92 Å². The Bertz CT molecular complexity index is 602. The number of nitrogen functional groups attached to an aromatic ring is 1. The van der Waals surface area contributed by atoms with Crippen LogP contribution in [-0.2, 0) is 0 Å². The molecule has 19 heavy (non-hydrogen) atoms. The van der Waals surface area contributed by atoms with E-state index in [4.69, 9.17) is 22.1 Å². The van der Waals surface area contributed by atoms with E-state index in [0.29, 0.717) is 32.8 Å². The zero-order valence-corrected chi connectivity index (χ0v) is 12.3. The molecular weight excluding hydrogens is 282 g/mol. The number of nitrogens with two attached hydrogens (primary N) is 1. The van der Waals surface area contributed by atoms with E-state index in [2.05, 4.69) is 0 Å². The molecule has 0 unspecified atom stereocenters. The lowest BCUT2D eigenvalue weighted by Crippen LogP contribution is -2.07. The van der Waals surface area contributed by atoms with Crippen molar-refractivity contribution >= 4 is 34.4 Å². The molecular formula is C14H14ClNO2S. The topological polar surface area (TPSA) is 52.3 Å². The fourth-order valence-corrected chi connectivity index (χ4v) is 2.91. The molecule has 0 aliphatic heterocycles. The van der Waals surface area contributed by atoms with Gasteiger partial charge < -0.3 is 10.5 Å². The highest BCUT2D eigenvalue weighted by Crippen LogP contribution is 2.33. The highest BCUT2D eigenvalue weighted by Gasteiger charge is 2.20. The fourth-order valence-electron chi connectivity index (χ4n) is 1.76. The third kappa shape index (κ3) is 2.74. The van der Waals surface area contributed by atoms with Gasteiger partial charge in [0.25, 0.3) is 0 Å². The van der Waals surface area contributed by atoms with Crippen LogP contribution in [0.5, 0.6) is 5.75 Å². The van der Waals surface area contributed by atoms with Crippen molar-refractivity contribution in [2.24, 2.45) is 0 Å². The maximum atomic E-state index is 12.5. The molecule has 0 radical (unpaired) electrons. The van der Waals surface area contributed by atoms with E-state index in [1.165, 1.54) is 11.3 Å². The maximum Gasteiger partial charge on any atom is 0.208 e. The van der Waals surface area contributed by atoms with Crippen molar-refractivity contribution in [3.05, 3.63) is 44.6 Å². The summed E-state index contributed by atoms with van der Waals surface area (Å²) in [6.45, 7) is 4.21. The molecule has 1 aromatic heterocycles. The first kappa shape index (κ1) is 13.9. The van der Waals surface area contributed by atoms with Crippen molar-refractivity contribution in [1.29, 1.82) is 0 Å². The molecule has 2 N–H and O–H groups in total. The van der Waals surface area contributed by atoms with Crippen LogP contribution in [0.1, 0.15) is 27.7 Å². The molecule has 0 bridgehead atoms. The van der Waals surface area contributed by atoms with Crippen LogP contribution in [0.25, 0.3) is 0 Å². The second kappa shape index (κ2) is 5.63.